The highest BCUT2D eigenvalue weighted by atomic mass is 16.5. The number of aromatic nitrogens is 2. The number of carbonyl (C=O) groups excluding carboxylic acids is 1. The zero-order valence-corrected chi connectivity index (χ0v) is 15.8. The molecule has 0 bridgehead atoms. The van der Waals surface area contributed by atoms with Crippen molar-refractivity contribution in [3.8, 4) is 11.5 Å². The van der Waals surface area contributed by atoms with Crippen LogP contribution in [0.2, 0.25) is 0 Å². The van der Waals surface area contributed by atoms with Crippen molar-refractivity contribution in [1.82, 2.24) is 9.55 Å². The maximum absolute atomic E-state index is 12.9. The van der Waals surface area contributed by atoms with Gasteiger partial charge in [0.15, 0.2) is 0 Å². The lowest BCUT2D eigenvalue weighted by Gasteiger charge is -2.18. The fourth-order valence-electron chi connectivity index (χ4n) is 3.05. The average molecular weight is 383 g/mol. The van der Waals surface area contributed by atoms with Gasteiger partial charge in [0.2, 0.25) is 5.91 Å². The summed E-state index contributed by atoms with van der Waals surface area (Å²) >= 11 is 0. The van der Waals surface area contributed by atoms with Gasteiger partial charge in [-0.05, 0) is 18.6 Å². The molecule has 2 aromatic carbocycles. The van der Waals surface area contributed by atoms with Gasteiger partial charge in [0.1, 0.15) is 17.5 Å². The Balaban J connectivity index is 2.01. The van der Waals surface area contributed by atoms with Crippen LogP contribution in [0.25, 0.3) is 10.9 Å². The molecular formula is C20H21N3O5. The van der Waals surface area contributed by atoms with Crippen LogP contribution in [0.4, 0.5) is 5.69 Å². The predicted octanol–water partition coefficient (Wildman–Crippen LogP) is 2.30. The highest BCUT2D eigenvalue weighted by molar-refractivity contribution is 5.94. The summed E-state index contributed by atoms with van der Waals surface area (Å²) in [7, 11) is 3.01. The molecule has 0 aliphatic rings. The van der Waals surface area contributed by atoms with E-state index in [1.807, 2.05) is 0 Å². The minimum atomic E-state index is -0.974. The molecule has 28 heavy (non-hydrogen) atoms. The van der Waals surface area contributed by atoms with Crippen LogP contribution in [0.1, 0.15) is 19.4 Å². The average Bonchev–Trinajstić information content (AvgIpc) is 2.70. The molecule has 2 N–H and O–H groups in total. The second-order valence-corrected chi connectivity index (χ2v) is 6.17. The molecule has 1 atom stereocenters. The second kappa shape index (κ2) is 7.99. The van der Waals surface area contributed by atoms with E-state index in [9.17, 15) is 14.4 Å². The van der Waals surface area contributed by atoms with Crippen molar-refractivity contribution in [2.24, 2.45) is 0 Å². The molecule has 1 aromatic heterocycles. The number of methoxy groups -OCH3 is 2. The number of carbonyl (C=O) groups is 1. The van der Waals surface area contributed by atoms with Crippen molar-refractivity contribution in [3.63, 3.8) is 0 Å². The molecule has 146 valence electrons. The van der Waals surface area contributed by atoms with Crippen LogP contribution in [-0.2, 0) is 4.79 Å². The summed E-state index contributed by atoms with van der Waals surface area (Å²) in [5, 5.41) is 3.08. The Morgan fingerprint density at radius 3 is 2.36 bits per heavy atom. The van der Waals surface area contributed by atoms with Crippen molar-refractivity contribution < 1.29 is 14.3 Å². The van der Waals surface area contributed by atoms with Crippen LogP contribution in [0.3, 0.4) is 0 Å². The summed E-state index contributed by atoms with van der Waals surface area (Å²) in [6, 6.07) is 10.6. The lowest BCUT2D eigenvalue weighted by Crippen LogP contribution is -2.42. The Morgan fingerprint density at radius 1 is 1.11 bits per heavy atom. The van der Waals surface area contributed by atoms with Crippen molar-refractivity contribution in [1.29, 1.82) is 0 Å². The molecule has 8 nitrogen and oxygen atoms in total. The molecule has 0 unspecified atom stereocenters. The predicted molar refractivity (Wildman–Crippen MR) is 106 cm³/mol. The largest absolute Gasteiger partial charge is 0.497 e. The monoisotopic (exact) mass is 383 g/mol. The Bertz CT molecular complexity index is 1110. The fraction of sp³-hybridized carbons (Fsp3) is 0.250. The van der Waals surface area contributed by atoms with Crippen molar-refractivity contribution in [2.75, 3.05) is 19.5 Å². The van der Waals surface area contributed by atoms with Crippen LogP contribution in [-0.4, -0.2) is 29.7 Å². The van der Waals surface area contributed by atoms with Gasteiger partial charge in [-0.15, -0.1) is 0 Å². The number of hydrogen-bond acceptors (Lipinski definition) is 5. The van der Waals surface area contributed by atoms with Gasteiger partial charge in [0.05, 0.1) is 25.1 Å². The molecular weight excluding hydrogens is 362 g/mol. The normalized spacial score (nSPS) is 11.8. The Hall–Kier alpha value is -3.55. The molecule has 0 aliphatic heterocycles. The maximum atomic E-state index is 12.9. The first kappa shape index (κ1) is 19.2. The number of fused-ring (bicyclic) bond motifs is 1. The number of ether oxygens (including phenoxy) is 2. The number of benzene rings is 2. The zero-order chi connectivity index (χ0) is 20.3. The van der Waals surface area contributed by atoms with E-state index < -0.39 is 23.2 Å². The molecule has 3 rings (SSSR count). The number of hydrogen-bond donors (Lipinski definition) is 2. The molecule has 0 aliphatic carbocycles. The highest BCUT2D eigenvalue weighted by Gasteiger charge is 2.23. The van der Waals surface area contributed by atoms with E-state index in [-0.39, 0.29) is 6.42 Å². The van der Waals surface area contributed by atoms with E-state index in [2.05, 4.69) is 10.3 Å². The number of anilines is 1. The number of rotatable bonds is 6. The van der Waals surface area contributed by atoms with Gasteiger partial charge in [-0.1, -0.05) is 19.1 Å². The van der Waals surface area contributed by atoms with E-state index in [1.54, 1.807) is 49.4 Å². The SMILES string of the molecule is CC[C@@H](C(=O)Nc1cc(OC)cc(OC)c1)n1c(=O)[nH]c2ccccc2c1=O. The number of H-pyrrole nitrogens is 1. The van der Waals surface area contributed by atoms with Crippen LogP contribution < -0.4 is 26.0 Å². The van der Waals surface area contributed by atoms with Gasteiger partial charge in [0, 0.05) is 23.9 Å². The molecule has 0 spiro atoms. The van der Waals surface area contributed by atoms with E-state index in [0.29, 0.717) is 28.1 Å². The third-order valence-corrected chi connectivity index (χ3v) is 4.46. The maximum Gasteiger partial charge on any atom is 0.329 e. The van der Waals surface area contributed by atoms with E-state index in [1.165, 1.54) is 14.2 Å². The number of nitrogens with zero attached hydrogens (tertiary/aromatic N) is 1. The number of aromatic amines is 1. The topological polar surface area (TPSA) is 102 Å². The molecule has 0 saturated carbocycles. The second-order valence-electron chi connectivity index (χ2n) is 6.17. The molecule has 0 saturated heterocycles. The minimum Gasteiger partial charge on any atom is -0.497 e. The molecule has 1 amide bonds. The van der Waals surface area contributed by atoms with Crippen molar-refractivity contribution in [2.45, 2.75) is 19.4 Å². The molecule has 8 heteroatoms. The smallest absolute Gasteiger partial charge is 0.329 e. The summed E-state index contributed by atoms with van der Waals surface area (Å²) in [6.45, 7) is 1.73. The summed E-state index contributed by atoms with van der Waals surface area (Å²) in [6.07, 6.45) is 0.258. The van der Waals surface area contributed by atoms with Gasteiger partial charge < -0.3 is 19.8 Å². The quantitative estimate of drug-likeness (QED) is 0.680. The fourth-order valence-corrected chi connectivity index (χ4v) is 3.05. The third-order valence-electron chi connectivity index (χ3n) is 4.46. The van der Waals surface area contributed by atoms with E-state index in [0.717, 1.165) is 4.57 Å². The van der Waals surface area contributed by atoms with Crippen LogP contribution in [0, 0.1) is 0 Å². The first-order valence-electron chi connectivity index (χ1n) is 8.76. The summed E-state index contributed by atoms with van der Waals surface area (Å²) in [5.74, 6) is 0.521. The Labute approximate surface area is 160 Å². The van der Waals surface area contributed by atoms with Crippen LogP contribution >= 0.6 is 0 Å². The standard InChI is InChI=1S/C20H21N3O5/c1-4-17(18(24)21-12-9-13(27-2)11-14(10-12)28-3)23-19(25)15-7-5-6-8-16(15)22-20(23)26/h5-11,17H,4H2,1-3H3,(H,21,24)(H,22,26)/t17-/m0/s1. The zero-order valence-electron chi connectivity index (χ0n) is 15.8. The highest BCUT2D eigenvalue weighted by Crippen LogP contribution is 2.26. The molecule has 0 radical (unpaired) electrons. The number of para-hydroxylation sites is 1. The lowest BCUT2D eigenvalue weighted by atomic mass is 10.1. The van der Waals surface area contributed by atoms with Crippen LogP contribution in [0.5, 0.6) is 11.5 Å². The number of nitrogens with one attached hydrogen (secondary N) is 2. The third kappa shape index (κ3) is 3.62. The van der Waals surface area contributed by atoms with Crippen molar-refractivity contribution >= 4 is 22.5 Å². The molecule has 1 heterocycles. The summed E-state index contributed by atoms with van der Waals surface area (Å²) in [5.41, 5.74) is -0.273. The number of amides is 1. The minimum absolute atomic E-state index is 0.258. The van der Waals surface area contributed by atoms with Crippen LogP contribution in [0.15, 0.2) is 52.1 Å². The van der Waals surface area contributed by atoms with E-state index >= 15 is 0 Å². The lowest BCUT2D eigenvalue weighted by molar-refractivity contribution is -0.119. The van der Waals surface area contributed by atoms with Gasteiger partial charge in [-0.25, -0.2) is 9.36 Å². The summed E-state index contributed by atoms with van der Waals surface area (Å²) < 4.78 is 11.3. The van der Waals surface area contributed by atoms with Gasteiger partial charge in [-0.3, -0.25) is 9.59 Å². The summed E-state index contributed by atoms with van der Waals surface area (Å²) in [4.78, 5) is 40.9. The molecule has 3 aromatic rings. The van der Waals surface area contributed by atoms with Crippen molar-refractivity contribution in [3.05, 3.63) is 63.3 Å². The Morgan fingerprint density at radius 2 is 1.75 bits per heavy atom. The van der Waals surface area contributed by atoms with Gasteiger partial charge in [0.25, 0.3) is 5.56 Å². The Kier molecular flexibility index (Phi) is 5.49. The van der Waals surface area contributed by atoms with Gasteiger partial charge >= 0.3 is 5.69 Å². The molecule has 0 fully saturated rings. The van der Waals surface area contributed by atoms with Gasteiger partial charge in [-0.2, -0.15) is 0 Å². The van der Waals surface area contributed by atoms with E-state index in [4.69, 9.17) is 9.47 Å². The first-order valence-corrected chi connectivity index (χ1v) is 8.76. The first-order chi connectivity index (χ1) is 13.5.